The minimum Gasteiger partial charge on any atom is -0.330 e. The molecule has 5 heteroatoms. The molecule has 0 radical (unpaired) electrons. The minimum atomic E-state index is -3.41. The molecule has 1 heterocycles. The molecule has 0 amide bonds. The van der Waals surface area contributed by atoms with E-state index in [9.17, 15) is 8.42 Å². The van der Waals surface area contributed by atoms with Crippen molar-refractivity contribution in [1.82, 2.24) is 4.31 Å². The fourth-order valence-electron chi connectivity index (χ4n) is 2.73. The Labute approximate surface area is 115 Å². The van der Waals surface area contributed by atoms with Crippen LogP contribution < -0.4 is 5.73 Å². The smallest absolute Gasteiger partial charge is 0.243 e. The van der Waals surface area contributed by atoms with E-state index in [1.54, 1.807) is 10.4 Å². The second-order valence-electron chi connectivity index (χ2n) is 5.53. The molecule has 2 atom stereocenters. The van der Waals surface area contributed by atoms with Gasteiger partial charge in [0.25, 0.3) is 0 Å². The number of nitrogens with two attached hydrogens (primary N) is 1. The Bertz CT molecular complexity index is 569. The first-order valence-corrected chi connectivity index (χ1v) is 8.09. The number of hydrogen-bond donors (Lipinski definition) is 1. The van der Waals surface area contributed by atoms with E-state index < -0.39 is 10.0 Å². The van der Waals surface area contributed by atoms with E-state index in [0.29, 0.717) is 18.0 Å². The zero-order valence-electron chi connectivity index (χ0n) is 11.8. The van der Waals surface area contributed by atoms with Crippen LogP contribution in [0.15, 0.2) is 23.1 Å². The molecule has 106 valence electrons. The van der Waals surface area contributed by atoms with Gasteiger partial charge < -0.3 is 5.73 Å². The van der Waals surface area contributed by atoms with Crippen molar-refractivity contribution in [2.45, 2.75) is 38.1 Å². The highest BCUT2D eigenvalue weighted by Gasteiger charge is 2.37. The summed E-state index contributed by atoms with van der Waals surface area (Å²) < 4.78 is 27.1. The maximum Gasteiger partial charge on any atom is 0.243 e. The number of aryl methyl sites for hydroxylation is 2. The molecule has 19 heavy (non-hydrogen) atoms. The number of rotatable bonds is 3. The average molecular weight is 282 g/mol. The molecular formula is C14H22N2O2S. The lowest BCUT2D eigenvalue weighted by molar-refractivity contribution is 0.404. The molecule has 1 aliphatic heterocycles. The molecular weight excluding hydrogens is 260 g/mol. The third-order valence-corrected chi connectivity index (χ3v) is 5.99. The highest BCUT2D eigenvalue weighted by atomic mass is 32.2. The molecule has 2 rings (SSSR count). The first-order valence-electron chi connectivity index (χ1n) is 6.65. The summed E-state index contributed by atoms with van der Waals surface area (Å²) in [5.74, 6) is 0.273. The van der Waals surface area contributed by atoms with Gasteiger partial charge in [0.15, 0.2) is 0 Å². The van der Waals surface area contributed by atoms with Crippen LogP contribution in [0.3, 0.4) is 0 Å². The Balaban J connectivity index is 2.40. The van der Waals surface area contributed by atoms with Crippen molar-refractivity contribution < 1.29 is 8.42 Å². The van der Waals surface area contributed by atoms with Crippen LogP contribution in [0.25, 0.3) is 0 Å². The van der Waals surface area contributed by atoms with Crippen LogP contribution in [0, 0.1) is 19.8 Å². The lowest BCUT2D eigenvalue weighted by atomic mass is 10.1. The largest absolute Gasteiger partial charge is 0.330 e. The molecule has 0 spiro atoms. The predicted molar refractivity (Wildman–Crippen MR) is 76.4 cm³/mol. The molecule has 2 unspecified atom stereocenters. The van der Waals surface area contributed by atoms with Gasteiger partial charge in [-0.2, -0.15) is 4.31 Å². The molecule has 2 N–H and O–H groups in total. The summed E-state index contributed by atoms with van der Waals surface area (Å²) in [4.78, 5) is 0.428. The number of sulfonamides is 1. The van der Waals surface area contributed by atoms with Gasteiger partial charge in [0.2, 0.25) is 10.0 Å². The van der Waals surface area contributed by atoms with Gasteiger partial charge in [0, 0.05) is 12.6 Å². The van der Waals surface area contributed by atoms with Crippen LogP contribution in [0.1, 0.15) is 24.5 Å². The third kappa shape index (κ3) is 2.68. The van der Waals surface area contributed by atoms with E-state index in [2.05, 4.69) is 0 Å². The minimum absolute atomic E-state index is 0.0264. The third-order valence-electron chi connectivity index (χ3n) is 3.87. The SMILES string of the molecule is Cc1ccc(C)c(S(=O)(=O)N2CC(CN)CC2C)c1. The van der Waals surface area contributed by atoms with Crippen LogP contribution in [-0.2, 0) is 10.0 Å². The van der Waals surface area contributed by atoms with Gasteiger partial charge >= 0.3 is 0 Å². The first-order chi connectivity index (χ1) is 8.86. The standard InChI is InChI=1S/C14H22N2O2S/c1-10-4-5-11(2)14(6-10)19(17,18)16-9-13(8-15)7-12(16)3/h4-6,12-13H,7-9,15H2,1-3H3. The molecule has 0 aliphatic carbocycles. The van der Waals surface area contributed by atoms with Gasteiger partial charge in [-0.3, -0.25) is 0 Å². The summed E-state index contributed by atoms with van der Waals surface area (Å²) in [7, 11) is -3.41. The normalized spacial score (nSPS) is 24.8. The summed E-state index contributed by atoms with van der Waals surface area (Å²) in [6.45, 7) is 6.79. The highest BCUT2D eigenvalue weighted by molar-refractivity contribution is 7.89. The molecule has 1 aromatic rings. The van der Waals surface area contributed by atoms with Crippen LogP contribution in [0.5, 0.6) is 0 Å². The Morgan fingerprint density at radius 3 is 2.63 bits per heavy atom. The Kier molecular flexibility index (Phi) is 3.99. The Hall–Kier alpha value is -0.910. The Morgan fingerprint density at radius 1 is 1.37 bits per heavy atom. The zero-order valence-corrected chi connectivity index (χ0v) is 12.6. The van der Waals surface area contributed by atoms with Crippen molar-refractivity contribution in [3.8, 4) is 0 Å². The topological polar surface area (TPSA) is 63.4 Å². The van der Waals surface area contributed by atoms with E-state index in [1.807, 2.05) is 32.9 Å². The van der Waals surface area contributed by atoms with Gasteiger partial charge in [0.05, 0.1) is 4.90 Å². The van der Waals surface area contributed by atoms with Crippen molar-refractivity contribution in [2.24, 2.45) is 11.7 Å². The van der Waals surface area contributed by atoms with Gasteiger partial charge in [-0.15, -0.1) is 0 Å². The number of nitrogens with zero attached hydrogens (tertiary/aromatic N) is 1. The summed E-state index contributed by atoms with van der Waals surface area (Å²) >= 11 is 0. The van der Waals surface area contributed by atoms with Crippen molar-refractivity contribution >= 4 is 10.0 Å². The lowest BCUT2D eigenvalue weighted by Gasteiger charge is -2.22. The van der Waals surface area contributed by atoms with Crippen molar-refractivity contribution in [2.75, 3.05) is 13.1 Å². The lowest BCUT2D eigenvalue weighted by Crippen LogP contribution is -2.34. The summed E-state index contributed by atoms with van der Waals surface area (Å²) in [6.07, 6.45) is 0.848. The van der Waals surface area contributed by atoms with Gasteiger partial charge in [-0.1, -0.05) is 12.1 Å². The van der Waals surface area contributed by atoms with Gasteiger partial charge in [0.1, 0.15) is 0 Å². The second-order valence-corrected chi connectivity index (χ2v) is 7.39. The van der Waals surface area contributed by atoms with Gasteiger partial charge in [-0.25, -0.2) is 8.42 Å². The Morgan fingerprint density at radius 2 is 2.05 bits per heavy atom. The molecule has 1 fully saturated rings. The molecule has 0 bridgehead atoms. The van der Waals surface area contributed by atoms with Crippen LogP contribution in [0.2, 0.25) is 0 Å². The zero-order chi connectivity index (χ0) is 14.2. The molecule has 1 aliphatic rings. The van der Waals surface area contributed by atoms with E-state index >= 15 is 0 Å². The van der Waals surface area contributed by atoms with Gasteiger partial charge in [-0.05, 0) is 56.8 Å². The van der Waals surface area contributed by atoms with Crippen molar-refractivity contribution in [1.29, 1.82) is 0 Å². The van der Waals surface area contributed by atoms with Crippen LogP contribution in [0.4, 0.5) is 0 Å². The van der Waals surface area contributed by atoms with E-state index in [1.165, 1.54) is 0 Å². The second kappa shape index (κ2) is 5.23. The molecule has 4 nitrogen and oxygen atoms in total. The average Bonchev–Trinajstić information content (AvgIpc) is 2.74. The molecule has 1 saturated heterocycles. The van der Waals surface area contributed by atoms with E-state index in [-0.39, 0.29) is 12.0 Å². The predicted octanol–water partition coefficient (Wildman–Crippen LogP) is 1.66. The molecule has 0 aromatic heterocycles. The van der Waals surface area contributed by atoms with E-state index in [4.69, 9.17) is 5.73 Å². The van der Waals surface area contributed by atoms with Crippen molar-refractivity contribution in [3.63, 3.8) is 0 Å². The van der Waals surface area contributed by atoms with Crippen molar-refractivity contribution in [3.05, 3.63) is 29.3 Å². The van der Waals surface area contributed by atoms with E-state index in [0.717, 1.165) is 17.5 Å². The summed E-state index contributed by atoms with van der Waals surface area (Å²) in [6, 6.07) is 5.58. The van der Waals surface area contributed by atoms with Crippen LogP contribution >= 0.6 is 0 Å². The maximum absolute atomic E-state index is 12.8. The quantitative estimate of drug-likeness (QED) is 0.917. The monoisotopic (exact) mass is 282 g/mol. The summed E-state index contributed by atoms with van der Waals surface area (Å²) in [5.41, 5.74) is 7.44. The van der Waals surface area contributed by atoms with Crippen LogP contribution in [-0.4, -0.2) is 31.9 Å². The maximum atomic E-state index is 12.8. The number of hydrogen-bond acceptors (Lipinski definition) is 3. The molecule has 1 aromatic carbocycles. The number of benzene rings is 1. The summed E-state index contributed by atoms with van der Waals surface area (Å²) in [5, 5.41) is 0. The first kappa shape index (κ1) is 14.5. The molecule has 0 saturated carbocycles. The fourth-order valence-corrected chi connectivity index (χ4v) is 4.76. The fraction of sp³-hybridized carbons (Fsp3) is 0.571. The highest BCUT2D eigenvalue weighted by Crippen LogP contribution is 2.30.